The number of nitrogens with one attached hydrogen (secondary N) is 3. The maximum Gasteiger partial charge on any atom is 0.417 e. The van der Waals surface area contributed by atoms with E-state index in [1.54, 1.807) is 6.07 Å². The molecule has 0 unspecified atom stereocenters. The summed E-state index contributed by atoms with van der Waals surface area (Å²) in [6.07, 6.45) is -5.23. The van der Waals surface area contributed by atoms with Crippen LogP contribution in [0.15, 0.2) is 94.5 Å². The van der Waals surface area contributed by atoms with Crippen LogP contribution in [0.25, 0.3) is 16.8 Å². The lowest BCUT2D eigenvalue weighted by Crippen LogP contribution is -2.43. The summed E-state index contributed by atoms with van der Waals surface area (Å²) < 4.78 is 128. The zero-order valence-corrected chi connectivity index (χ0v) is 44.3. The molecular weight excluding hydrogens is 1100 g/mol. The predicted octanol–water partition coefficient (Wildman–Crippen LogP) is 11.2. The topological polar surface area (TPSA) is 219 Å². The number of carbonyl (C=O) groups is 4. The van der Waals surface area contributed by atoms with Crippen LogP contribution in [-0.4, -0.2) is 85.4 Å². The summed E-state index contributed by atoms with van der Waals surface area (Å²) in [5.41, 5.74) is 2.35. The van der Waals surface area contributed by atoms with E-state index in [9.17, 15) is 68.6 Å². The molecule has 4 atom stereocenters. The Bertz CT molecular complexity index is 3090. The molecule has 0 aliphatic rings. The number of carbonyl (C=O) groups excluding carboxylic acids is 2. The first-order chi connectivity index (χ1) is 35.9. The van der Waals surface area contributed by atoms with E-state index >= 15 is 0 Å². The van der Waals surface area contributed by atoms with E-state index < -0.39 is 88.0 Å². The number of halogens is 10. The van der Waals surface area contributed by atoms with Crippen LogP contribution in [0.2, 0.25) is 0 Å². The summed E-state index contributed by atoms with van der Waals surface area (Å²) >= 11 is 3.08. The third-order valence-electron chi connectivity index (χ3n) is 11.5. The van der Waals surface area contributed by atoms with Gasteiger partial charge in [-0.15, -0.1) is 0 Å². The molecule has 0 spiro atoms. The number of benzene rings is 3. The van der Waals surface area contributed by atoms with Gasteiger partial charge >= 0.3 is 30.3 Å². The van der Waals surface area contributed by atoms with E-state index in [0.29, 0.717) is 16.2 Å². The maximum absolute atomic E-state index is 14.7. The van der Waals surface area contributed by atoms with Crippen LogP contribution in [0.3, 0.4) is 0 Å². The summed E-state index contributed by atoms with van der Waals surface area (Å²) in [7, 11) is 2.57. The molecule has 7 N–H and O–H groups in total. The van der Waals surface area contributed by atoms with Crippen molar-refractivity contribution in [3.8, 4) is 11.1 Å². The Balaban J connectivity index is 0.000000362. The molecule has 25 heteroatoms. The summed E-state index contributed by atoms with van der Waals surface area (Å²) in [5.74, 6) is -7.01. The number of rotatable bonds is 15. The molecular formula is C52H57BrF9N7O8. The summed E-state index contributed by atoms with van der Waals surface area (Å²) in [5, 5.41) is 25.9. The number of aromatic nitrogens is 3. The van der Waals surface area contributed by atoms with Gasteiger partial charge in [-0.25, -0.2) is 32.5 Å². The lowest BCUT2D eigenvalue weighted by molar-refractivity contribution is -0.143. The zero-order valence-electron chi connectivity index (χ0n) is 42.8. The monoisotopic (exact) mass is 1160 g/mol. The molecule has 0 aliphatic heterocycles. The number of methoxy groups -OCH3 is 1. The SMILES string of the molecule is CC[C@@H](Nc1ccc(C(=O)O)c(F)c1)C(F)(F)F.CC[C@H](C)N.CC[C@H](C)Nc1ccc(C(=O)N[C@@H](Cc2ccc(-c3c(C(F)(F)F)cc(C)n(C)c3=O)c3nccn23)C(=O)O)c(F)c1.COC(=O)c1ccc(Br)cc1F. The molecule has 15 nitrogen and oxygen atoms in total. The second-order valence-electron chi connectivity index (χ2n) is 17.2. The molecule has 0 radical (unpaired) electrons. The normalized spacial score (nSPS) is 12.7. The first-order valence-electron chi connectivity index (χ1n) is 23.4. The Morgan fingerprint density at radius 2 is 1.35 bits per heavy atom. The second-order valence-corrected chi connectivity index (χ2v) is 18.1. The van der Waals surface area contributed by atoms with Gasteiger partial charge < -0.3 is 45.6 Å². The Kier molecular flexibility index (Phi) is 23.3. The van der Waals surface area contributed by atoms with Gasteiger partial charge in [0.15, 0.2) is 0 Å². The van der Waals surface area contributed by atoms with Crippen molar-refractivity contribution in [1.29, 1.82) is 0 Å². The van der Waals surface area contributed by atoms with Crippen molar-refractivity contribution >= 4 is 56.8 Å². The van der Waals surface area contributed by atoms with Gasteiger partial charge in [0.25, 0.3) is 11.5 Å². The number of nitrogens with zero attached hydrogens (tertiary/aromatic N) is 3. The van der Waals surface area contributed by atoms with Crippen molar-refractivity contribution < 1.29 is 73.6 Å². The number of fused-ring (bicyclic) bond motifs is 1. The highest BCUT2D eigenvalue weighted by Crippen LogP contribution is 2.37. The average Bonchev–Trinajstić information content (AvgIpc) is 3.85. The maximum atomic E-state index is 14.7. The zero-order chi connectivity index (χ0) is 58.3. The van der Waals surface area contributed by atoms with Crippen molar-refractivity contribution in [3.05, 3.63) is 151 Å². The largest absolute Gasteiger partial charge is 0.480 e. The Labute approximate surface area is 444 Å². The highest BCUT2D eigenvalue weighted by molar-refractivity contribution is 9.10. The van der Waals surface area contributed by atoms with E-state index in [0.717, 1.165) is 47.7 Å². The summed E-state index contributed by atoms with van der Waals surface area (Å²) in [6, 6.07) is 11.5. The van der Waals surface area contributed by atoms with E-state index in [2.05, 4.69) is 48.5 Å². The average molecular weight is 1160 g/mol. The van der Waals surface area contributed by atoms with Crippen LogP contribution < -0.4 is 27.2 Å². The number of hydrogen-bond acceptors (Lipinski definition) is 10. The highest BCUT2D eigenvalue weighted by atomic mass is 79.9. The number of alkyl halides is 6. The molecule has 0 aliphatic carbocycles. The van der Waals surface area contributed by atoms with Gasteiger partial charge in [-0.05, 0) is 113 Å². The summed E-state index contributed by atoms with van der Waals surface area (Å²) in [4.78, 5) is 63.5. The first-order valence-corrected chi connectivity index (χ1v) is 24.2. The minimum atomic E-state index is -4.83. The molecule has 0 saturated carbocycles. The van der Waals surface area contributed by atoms with Gasteiger partial charge in [0, 0.05) is 70.7 Å². The van der Waals surface area contributed by atoms with Crippen LogP contribution in [0.4, 0.5) is 50.9 Å². The number of imidazole rings is 1. The van der Waals surface area contributed by atoms with Gasteiger partial charge in [0.2, 0.25) is 0 Å². The van der Waals surface area contributed by atoms with E-state index in [1.807, 2.05) is 20.8 Å². The number of aryl methyl sites for hydroxylation is 1. The first kappa shape index (κ1) is 63.9. The molecule has 0 fully saturated rings. The number of anilines is 2. The predicted molar refractivity (Wildman–Crippen MR) is 274 cm³/mol. The number of aromatic carboxylic acids is 1. The number of nitrogens with two attached hydrogens (primary N) is 1. The van der Waals surface area contributed by atoms with Gasteiger partial charge in [-0.1, -0.05) is 36.7 Å². The molecule has 6 rings (SSSR count). The number of aliphatic carboxylic acids is 1. The molecule has 0 bridgehead atoms. The molecule has 77 heavy (non-hydrogen) atoms. The van der Waals surface area contributed by atoms with Gasteiger partial charge in [0.1, 0.15) is 35.2 Å². The van der Waals surface area contributed by atoms with Crippen LogP contribution in [0.5, 0.6) is 0 Å². The Morgan fingerprint density at radius 3 is 1.83 bits per heavy atom. The molecule has 1 amide bonds. The van der Waals surface area contributed by atoms with Crippen molar-refractivity contribution in [3.63, 3.8) is 0 Å². The molecule has 3 heterocycles. The second kappa shape index (κ2) is 28.1. The van der Waals surface area contributed by atoms with Crippen molar-refractivity contribution in [2.24, 2.45) is 12.8 Å². The fourth-order valence-electron chi connectivity index (χ4n) is 6.72. The number of carboxylic acid groups (broad SMARTS) is 2. The van der Waals surface area contributed by atoms with Crippen LogP contribution in [0.1, 0.15) is 102 Å². The lowest BCUT2D eigenvalue weighted by atomic mass is 9.99. The minimum Gasteiger partial charge on any atom is -0.480 e. The lowest BCUT2D eigenvalue weighted by Gasteiger charge is -2.21. The van der Waals surface area contributed by atoms with E-state index in [4.69, 9.17) is 10.8 Å². The number of ether oxygens (including phenoxy) is 1. The number of esters is 1. The van der Waals surface area contributed by atoms with Crippen molar-refractivity contribution in [1.82, 2.24) is 19.3 Å². The highest BCUT2D eigenvalue weighted by Gasteiger charge is 2.39. The smallest absolute Gasteiger partial charge is 0.417 e. The third kappa shape index (κ3) is 17.8. The van der Waals surface area contributed by atoms with Gasteiger partial charge in [-0.3, -0.25) is 9.59 Å². The van der Waals surface area contributed by atoms with E-state index in [-0.39, 0.29) is 58.3 Å². The fraction of sp³-hybridized carbons (Fsp3) is 0.346. The number of pyridine rings is 2. The van der Waals surface area contributed by atoms with Gasteiger partial charge in [-0.2, -0.15) is 26.3 Å². The standard InChI is InChI=1S/C29H29F4N5O4.C11H11F4NO2.C8H6BrFO2.C4H11N/c1-5-15(2)35-17-6-8-19(22(30)13-17)26(39)36-23(28(41)42)14-18-7-9-20(25-34-10-11-38(18)25)24-21(29(31,32)33)12-16(3)37(4)27(24)40;1-2-9(11(13,14)15)16-6-3-4-7(10(17)18)8(12)5-6;1-12-8(11)6-3-2-5(9)4-7(6)10;1-3-4(2)5/h6-13,15,23,35H,5,14H2,1-4H3,(H,36,39)(H,41,42);3-5,9,16H,2H2,1H3,(H,17,18);2-4H,1H3;4H,3,5H2,1-2H3/t15-,23-;9-;;4-/m01.0/s1. The summed E-state index contributed by atoms with van der Waals surface area (Å²) in [6.45, 7) is 10.7. The quantitative estimate of drug-likeness (QED) is 0.0418. The molecule has 6 aromatic rings. The van der Waals surface area contributed by atoms with Crippen LogP contribution >= 0.6 is 15.9 Å². The molecule has 418 valence electrons. The number of carboxylic acids is 2. The number of amides is 1. The molecule has 3 aromatic heterocycles. The Hall–Kier alpha value is -7.41. The van der Waals surface area contributed by atoms with Crippen LogP contribution in [-0.2, 0) is 29.2 Å². The van der Waals surface area contributed by atoms with Gasteiger partial charge in [0.05, 0.1) is 34.9 Å². The van der Waals surface area contributed by atoms with Crippen molar-refractivity contribution in [2.75, 3.05) is 17.7 Å². The molecule has 3 aromatic carbocycles. The van der Waals surface area contributed by atoms with E-state index in [1.165, 1.54) is 81.2 Å². The number of hydrogen-bond donors (Lipinski definition) is 6. The van der Waals surface area contributed by atoms with Crippen LogP contribution in [0, 0.1) is 24.4 Å². The fourth-order valence-corrected chi connectivity index (χ4v) is 7.05. The van der Waals surface area contributed by atoms with Crippen molar-refractivity contribution in [2.45, 2.75) is 104 Å². The molecule has 0 saturated heterocycles. The Morgan fingerprint density at radius 1 is 0.792 bits per heavy atom. The third-order valence-corrected chi connectivity index (χ3v) is 12.0. The minimum absolute atomic E-state index is 0.00939.